The summed E-state index contributed by atoms with van der Waals surface area (Å²) in [6.07, 6.45) is 3.21. The fourth-order valence-electron chi connectivity index (χ4n) is 2.39. The van der Waals surface area contributed by atoms with Gasteiger partial charge < -0.3 is 24.6 Å². The van der Waals surface area contributed by atoms with Gasteiger partial charge in [-0.3, -0.25) is 10.3 Å². The van der Waals surface area contributed by atoms with Crippen molar-refractivity contribution in [1.29, 1.82) is 0 Å². The van der Waals surface area contributed by atoms with Crippen LogP contribution in [0.3, 0.4) is 0 Å². The smallest absolute Gasteiger partial charge is 0.325 e. The highest BCUT2D eigenvalue weighted by Crippen LogP contribution is 2.32. The standard InChI is InChI=1S/C19H20FN5O4/c1-12-9-18(25-29-12)24-19(26)23-15-10-14(20)17(28-8-7-27-2)11-16(15)22-13-3-5-21-6-4-13/h3-6,9-11H,7-8H2,1-2H3,(H,21,22)(H2,23,24,25,26). The maximum atomic E-state index is 14.5. The third kappa shape index (κ3) is 5.66. The Labute approximate surface area is 166 Å². The van der Waals surface area contributed by atoms with Gasteiger partial charge in [0.05, 0.1) is 18.0 Å². The summed E-state index contributed by atoms with van der Waals surface area (Å²) < 4.78 is 29.7. The predicted octanol–water partition coefficient (Wildman–Crippen LogP) is 3.93. The molecule has 0 bridgehead atoms. The molecule has 0 aliphatic rings. The first-order valence-electron chi connectivity index (χ1n) is 8.69. The zero-order valence-electron chi connectivity index (χ0n) is 15.9. The molecule has 2 heterocycles. The molecule has 0 atom stereocenters. The number of aromatic nitrogens is 2. The molecule has 1 aromatic carbocycles. The molecular weight excluding hydrogens is 381 g/mol. The van der Waals surface area contributed by atoms with Crippen LogP contribution in [0.25, 0.3) is 0 Å². The summed E-state index contributed by atoms with van der Waals surface area (Å²) in [5, 5.41) is 11.9. The van der Waals surface area contributed by atoms with Gasteiger partial charge in [-0.05, 0) is 19.1 Å². The molecule has 0 spiro atoms. The number of halogens is 1. The van der Waals surface area contributed by atoms with Gasteiger partial charge in [0.15, 0.2) is 17.4 Å². The van der Waals surface area contributed by atoms with Gasteiger partial charge in [-0.1, -0.05) is 5.16 Å². The van der Waals surface area contributed by atoms with E-state index in [9.17, 15) is 9.18 Å². The number of aryl methyl sites for hydroxylation is 1. The number of carbonyl (C=O) groups is 1. The van der Waals surface area contributed by atoms with Crippen LogP contribution in [0, 0.1) is 12.7 Å². The fraction of sp³-hybridized carbons (Fsp3) is 0.211. The third-order valence-corrected chi connectivity index (χ3v) is 3.69. The van der Waals surface area contributed by atoms with Crippen LogP contribution >= 0.6 is 0 Å². The van der Waals surface area contributed by atoms with E-state index < -0.39 is 11.8 Å². The number of urea groups is 1. The third-order valence-electron chi connectivity index (χ3n) is 3.69. The quantitative estimate of drug-likeness (QED) is 0.491. The second-order valence-corrected chi connectivity index (χ2v) is 5.93. The Hall–Kier alpha value is -3.66. The lowest BCUT2D eigenvalue weighted by atomic mass is 10.2. The monoisotopic (exact) mass is 401 g/mol. The van der Waals surface area contributed by atoms with Crippen molar-refractivity contribution < 1.29 is 23.2 Å². The van der Waals surface area contributed by atoms with Crippen LogP contribution in [-0.2, 0) is 4.74 Å². The Morgan fingerprint density at radius 2 is 1.93 bits per heavy atom. The number of pyridine rings is 1. The van der Waals surface area contributed by atoms with Gasteiger partial charge in [-0.25, -0.2) is 9.18 Å². The van der Waals surface area contributed by atoms with Crippen molar-refractivity contribution >= 4 is 28.9 Å². The Kier molecular flexibility index (Phi) is 6.59. The number of benzene rings is 1. The number of hydrogen-bond donors (Lipinski definition) is 3. The fourth-order valence-corrected chi connectivity index (χ4v) is 2.39. The number of hydrogen-bond acceptors (Lipinski definition) is 7. The van der Waals surface area contributed by atoms with Crippen LogP contribution in [0.5, 0.6) is 5.75 Å². The van der Waals surface area contributed by atoms with Gasteiger partial charge in [0, 0.05) is 43.4 Å². The molecule has 3 rings (SSSR count). The summed E-state index contributed by atoms with van der Waals surface area (Å²) in [7, 11) is 1.53. The van der Waals surface area contributed by atoms with E-state index in [1.807, 2.05) is 0 Å². The SMILES string of the molecule is COCCOc1cc(Nc2ccncc2)c(NC(=O)Nc2cc(C)on2)cc1F. The van der Waals surface area contributed by atoms with Gasteiger partial charge in [-0.2, -0.15) is 0 Å². The number of anilines is 4. The minimum Gasteiger partial charge on any atom is -0.488 e. The van der Waals surface area contributed by atoms with Gasteiger partial charge in [0.25, 0.3) is 0 Å². The van der Waals surface area contributed by atoms with Crippen LogP contribution in [-0.4, -0.2) is 36.5 Å². The maximum absolute atomic E-state index is 14.5. The Balaban J connectivity index is 1.82. The second-order valence-electron chi connectivity index (χ2n) is 5.93. The average Bonchev–Trinajstić information content (AvgIpc) is 3.10. The van der Waals surface area contributed by atoms with Gasteiger partial charge in [-0.15, -0.1) is 0 Å². The molecule has 9 nitrogen and oxygen atoms in total. The minimum absolute atomic E-state index is 0.0247. The van der Waals surface area contributed by atoms with E-state index in [4.69, 9.17) is 14.0 Å². The highest BCUT2D eigenvalue weighted by atomic mass is 19.1. The minimum atomic E-state index is -0.631. The van der Waals surface area contributed by atoms with Gasteiger partial charge in [0.1, 0.15) is 12.4 Å². The largest absolute Gasteiger partial charge is 0.488 e. The molecule has 0 fully saturated rings. The summed E-state index contributed by atoms with van der Waals surface area (Å²) in [6, 6.07) is 7.04. The molecule has 3 N–H and O–H groups in total. The number of methoxy groups -OCH3 is 1. The van der Waals surface area contributed by atoms with Crippen molar-refractivity contribution in [3.63, 3.8) is 0 Å². The Morgan fingerprint density at radius 3 is 2.62 bits per heavy atom. The predicted molar refractivity (Wildman–Crippen MR) is 105 cm³/mol. The van der Waals surface area contributed by atoms with Crippen molar-refractivity contribution in [2.24, 2.45) is 0 Å². The lowest BCUT2D eigenvalue weighted by Crippen LogP contribution is -2.20. The summed E-state index contributed by atoms with van der Waals surface area (Å²) in [6.45, 7) is 2.19. The van der Waals surface area contributed by atoms with E-state index in [1.54, 1.807) is 37.5 Å². The maximum Gasteiger partial charge on any atom is 0.325 e. The summed E-state index contributed by atoms with van der Waals surface area (Å²) in [5.41, 5.74) is 1.33. The number of nitrogens with zero attached hydrogens (tertiary/aromatic N) is 2. The molecule has 0 saturated heterocycles. The summed E-state index contributed by atoms with van der Waals surface area (Å²) in [4.78, 5) is 16.2. The number of nitrogens with one attached hydrogen (secondary N) is 3. The second kappa shape index (κ2) is 9.51. The highest BCUT2D eigenvalue weighted by Gasteiger charge is 2.15. The molecule has 2 amide bonds. The van der Waals surface area contributed by atoms with Crippen LogP contribution in [0.2, 0.25) is 0 Å². The van der Waals surface area contributed by atoms with E-state index in [2.05, 4.69) is 26.1 Å². The lowest BCUT2D eigenvalue weighted by molar-refractivity contribution is 0.144. The number of amides is 2. The van der Waals surface area contributed by atoms with Crippen molar-refractivity contribution in [1.82, 2.24) is 10.1 Å². The van der Waals surface area contributed by atoms with E-state index in [1.165, 1.54) is 19.2 Å². The van der Waals surface area contributed by atoms with E-state index in [0.717, 1.165) is 0 Å². The number of carbonyl (C=O) groups excluding carboxylic acids is 1. The van der Waals surface area contributed by atoms with Crippen LogP contribution < -0.4 is 20.7 Å². The van der Waals surface area contributed by atoms with E-state index in [-0.39, 0.29) is 23.9 Å². The zero-order valence-corrected chi connectivity index (χ0v) is 15.9. The van der Waals surface area contributed by atoms with E-state index >= 15 is 0 Å². The molecule has 0 saturated carbocycles. The molecule has 2 aromatic heterocycles. The molecule has 0 unspecified atom stereocenters. The van der Waals surface area contributed by atoms with Crippen molar-refractivity contribution in [3.8, 4) is 5.75 Å². The molecule has 0 radical (unpaired) electrons. The average molecular weight is 401 g/mol. The van der Waals surface area contributed by atoms with Crippen LogP contribution in [0.15, 0.2) is 47.2 Å². The normalized spacial score (nSPS) is 10.4. The summed E-state index contributed by atoms with van der Waals surface area (Å²) in [5.74, 6) is 0.179. The zero-order chi connectivity index (χ0) is 20.6. The molecule has 10 heteroatoms. The first-order valence-corrected chi connectivity index (χ1v) is 8.69. The lowest BCUT2D eigenvalue weighted by Gasteiger charge is -2.16. The summed E-state index contributed by atoms with van der Waals surface area (Å²) >= 11 is 0. The van der Waals surface area contributed by atoms with Crippen LogP contribution in [0.1, 0.15) is 5.76 Å². The first-order chi connectivity index (χ1) is 14.0. The van der Waals surface area contributed by atoms with Crippen molar-refractivity contribution in [2.75, 3.05) is 36.3 Å². The molecule has 0 aliphatic heterocycles. The number of ether oxygens (including phenoxy) is 2. The molecule has 29 heavy (non-hydrogen) atoms. The van der Waals surface area contributed by atoms with Crippen LogP contribution in [0.4, 0.5) is 32.1 Å². The van der Waals surface area contributed by atoms with Gasteiger partial charge >= 0.3 is 6.03 Å². The topological polar surface area (TPSA) is 111 Å². The van der Waals surface area contributed by atoms with Crippen molar-refractivity contribution in [2.45, 2.75) is 6.92 Å². The van der Waals surface area contributed by atoms with E-state index in [0.29, 0.717) is 23.7 Å². The first kappa shape index (κ1) is 20.1. The Bertz CT molecular complexity index is 964. The molecule has 152 valence electrons. The molecule has 3 aromatic rings. The highest BCUT2D eigenvalue weighted by molar-refractivity contribution is 6.01. The molecule has 0 aliphatic carbocycles. The van der Waals surface area contributed by atoms with Gasteiger partial charge in [0.2, 0.25) is 0 Å². The molecular formula is C19H20FN5O4. The number of rotatable bonds is 8. The van der Waals surface area contributed by atoms with Crippen molar-refractivity contribution in [3.05, 3.63) is 54.3 Å². The Morgan fingerprint density at radius 1 is 1.14 bits per heavy atom.